The van der Waals surface area contributed by atoms with Crippen LogP contribution < -0.4 is 15.8 Å². The molecule has 0 aliphatic heterocycles. The monoisotopic (exact) mass is 230 g/mol. The Hall–Kier alpha value is -1.00. The van der Waals surface area contributed by atoms with Gasteiger partial charge < -0.3 is 15.8 Å². The van der Waals surface area contributed by atoms with E-state index in [0.717, 1.165) is 5.69 Å². The van der Waals surface area contributed by atoms with Crippen molar-refractivity contribution in [3.8, 4) is 5.75 Å². The van der Waals surface area contributed by atoms with E-state index in [9.17, 15) is 0 Å². The summed E-state index contributed by atoms with van der Waals surface area (Å²) in [6.45, 7) is 0.456. The van der Waals surface area contributed by atoms with Crippen LogP contribution >= 0.6 is 23.8 Å². The van der Waals surface area contributed by atoms with Gasteiger partial charge in [-0.1, -0.05) is 23.8 Å². The van der Waals surface area contributed by atoms with Gasteiger partial charge in [-0.3, -0.25) is 0 Å². The molecule has 76 valence electrons. The molecule has 3 N–H and O–H groups in total. The summed E-state index contributed by atoms with van der Waals surface area (Å²) in [5, 5.41) is 3.59. The van der Waals surface area contributed by atoms with Crippen molar-refractivity contribution in [2.75, 3.05) is 19.0 Å². The molecule has 0 aliphatic rings. The molecule has 1 aromatic rings. The Morgan fingerprint density at radius 2 is 2.36 bits per heavy atom. The highest BCUT2D eigenvalue weighted by atomic mass is 35.5. The van der Waals surface area contributed by atoms with Crippen molar-refractivity contribution >= 4 is 34.5 Å². The number of hydrogen-bond donors (Lipinski definition) is 2. The van der Waals surface area contributed by atoms with Crippen LogP contribution in [0.15, 0.2) is 18.2 Å². The van der Waals surface area contributed by atoms with Gasteiger partial charge in [-0.05, 0) is 18.2 Å². The summed E-state index contributed by atoms with van der Waals surface area (Å²) in [4.78, 5) is 0.414. The Balaban J connectivity index is 2.71. The van der Waals surface area contributed by atoms with E-state index in [1.807, 2.05) is 6.07 Å². The highest BCUT2D eigenvalue weighted by molar-refractivity contribution is 7.80. The molecule has 0 aromatic heterocycles. The number of methoxy groups -OCH3 is 1. The van der Waals surface area contributed by atoms with Gasteiger partial charge in [-0.15, -0.1) is 0 Å². The molecule has 0 spiro atoms. The first-order chi connectivity index (χ1) is 6.63. The number of nitrogens with two attached hydrogens (primary N) is 1. The summed E-state index contributed by atoms with van der Waals surface area (Å²) in [7, 11) is 1.57. The van der Waals surface area contributed by atoms with Gasteiger partial charge >= 0.3 is 0 Å². The lowest BCUT2D eigenvalue weighted by atomic mass is 10.3. The molecular weight excluding hydrogens is 220 g/mol. The SMILES string of the molecule is COc1ccc(NCC(N)=S)cc1Cl. The fourth-order valence-electron chi connectivity index (χ4n) is 0.966. The first-order valence-corrected chi connectivity index (χ1v) is 4.78. The van der Waals surface area contributed by atoms with E-state index < -0.39 is 0 Å². The molecule has 0 bridgehead atoms. The van der Waals surface area contributed by atoms with E-state index in [1.165, 1.54) is 0 Å². The Morgan fingerprint density at radius 1 is 1.64 bits per heavy atom. The van der Waals surface area contributed by atoms with Crippen LogP contribution in [0.2, 0.25) is 5.02 Å². The van der Waals surface area contributed by atoms with Gasteiger partial charge in [0.1, 0.15) is 5.75 Å². The zero-order valence-electron chi connectivity index (χ0n) is 7.71. The summed E-state index contributed by atoms with van der Waals surface area (Å²) >= 11 is 10.6. The Bertz CT molecular complexity index is 344. The predicted molar refractivity (Wildman–Crippen MR) is 63.3 cm³/mol. The van der Waals surface area contributed by atoms with E-state index in [0.29, 0.717) is 22.3 Å². The van der Waals surface area contributed by atoms with Crippen LogP contribution in [0.3, 0.4) is 0 Å². The van der Waals surface area contributed by atoms with Crippen molar-refractivity contribution in [1.29, 1.82) is 0 Å². The van der Waals surface area contributed by atoms with Crippen LogP contribution in [0.25, 0.3) is 0 Å². The molecule has 0 aliphatic carbocycles. The minimum Gasteiger partial charge on any atom is -0.495 e. The number of hydrogen-bond acceptors (Lipinski definition) is 3. The lowest BCUT2D eigenvalue weighted by Crippen LogP contribution is -2.19. The minimum absolute atomic E-state index is 0.414. The van der Waals surface area contributed by atoms with E-state index in [-0.39, 0.29) is 0 Å². The van der Waals surface area contributed by atoms with E-state index in [2.05, 4.69) is 5.32 Å². The second-order valence-corrected chi connectivity index (χ2v) is 3.60. The largest absolute Gasteiger partial charge is 0.495 e. The average molecular weight is 231 g/mol. The smallest absolute Gasteiger partial charge is 0.137 e. The van der Waals surface area contributed by atoms with Gasteiger partial charge in [-0.2, -0.15) is 0 Å². The quantitative estimate of drug-likeness (QED) is 0.778. The molecule has 0 amide bonds. The van der Waals surface area contributed by atoms with Crippen LogP contribution in [0, 0.1) is 0 Å². The fraction of sp³-hybridized carbons (Fsp3) is 0.222. The highest BCUT2D eigenvalue weighted by Crippen LogP contribution is 2.26. The Labute approximate surface area is 93.2 Å². The molecule has 1 aromatic carbocycles. The summed E-state index contributed by atoms with van der Waals surface area (Å²) < 4.78 is 5.02. The molecule has 5 heteroatoms. The maximum absolute atomic E-state index is 5.92. The van der Waals surface area contributed by atoms with Crippen LogP contribution in [-0.2, 0) is 0 Å². The molecule has 0 unspecified atom stereocenters. The molecule has 0 saturated heterocycles. The maximum Gasteiger partial charge on any atom is 0.137 e. The number of nitrogens with one attached hydrogen (secondary N) is 1. The molecule has 0 heterocycles. The molecule has 14 heavy (non-hydrogen) atoms. The van der Waals surface area contributed by atoms with Gasteiger partial charge in [-0.25, -0.2) is 0 Å². The van der Waals surface area contributed by atoms with Crippen LogP contribution in [0.1, 0.15) is 0 Å². The number of thiocarbonyl (C=S) groups is 1. The van der Waals surface area contributed by atoms with Crippen LogP contribution in [0.5, 0.6) is 5.75 Å². The summed E-state index contributed by atoms with van der Waals surface area (Å²) in [5.74, 6) is 0.646. The third-order valence-electron chi connectivity index (χ3n) is 1.62. The molecule has 0 radical (unpaired) electrons. The summed E-state index contributed by atoms with van der Waals surface area (Å²) in [6, 6.07) is 5.39. The van der Waals surface area contributed by atoms with Gasteiger partial charge in [0.2, 0.25) is 0 Å². The number of benzene rings is 1. The molecule has 0 atom stereocenters. The fourth-order valence-corrected chi connectivity index (χ4v) is 1.30. The molecule has 0 fully saturated rings. The number of anilines is 1. The van der Waals surface area contributed by atoms with Gasteiger partial charge in [0, 0.05) is 5.69 Å². The summed E-state index contributed by atoms with van der Waals surface area (Å²) in [6.07, 6.45) is 0. The van der Waals surface area contributed by atoms with E-state index >= 15 is 0 Å². The Morgan fingerprint density at radius 3 is 2.86 bits per heavy atom. The standard InChI is InChI=1S/C9H11ClN2OS/c1-13-8-3-2-6(4-7(8)10)12-5-9(11)14/h2-4,12H,5H2,1H3,(H2,11,14). The number of ether oxygens (including phenoxy) is 1. The second-order valence-electron chi connectivity index (χ2n) is 2.67. The zero-order valence-corrected chi connectivity index (χ0v) is 9.28. The van der Waals surface area contributed by atoms with Crippen molar-refractivity contribution in [2.24, 2.45) is 5.73 Å². The zero-order chi connectivity index (χ0) is 10.6. The van der Waals surface area contributed by atoms with Gasteiger partial charge in [0.25, 0.3) is 0 Å². The molecule has 0 saturated carbocycles. The minimum atomic E-state index is 0.414. The van der Waals surface area contributed by atoms with E-state index in [4.69, 9.17) is 34.3 Å². The van der Waals surface area contributed by atoms with Gasteiger partial charge in [0.15, 0.2) is 0 Å². The molecular formula is C9H11ClN2OS. The van der Waals surface area contributed by atoms with Gasteiger partial charge in [0.05, 0.1) is 23.7 Å². The van der Waals surface area contributed by atoms with Crippen molar-refractivity contribution in [2.45, 2.75) is 0 Å². The maximum atomic E-state index is 5.92. The number of halogens is 1. The number of rotatable bonds is 4. The van der Waals surface area contributed by atoms with Crippen molar-refractivity contribution < 1.29 is 4.74 Å². The first kappa shape index (κ1) is 11.1. The third kappa shape index (κ3) is 3.05. The normalized spacial score (nSPS) is 9.57. The van der Waals surface area contributed by atoms with Crippen LogP contribution in [0.4, 0.5) is 5.69 Å². The van der Waals surface area contributed by atoms with E-state index in [1.54, 1.807) is 19.2 Å². The lowest BCUT2D eigenvalue weighted by molar-refractivity contribution is 0.415. The predicted octanol–water partition coefficient (Wildman–Crippen LogP) is 2.05. The molecule has 1 rings (SSSR count). The van der Waals surface area contributed by atoms with Crippen molar-refractivity contribution in [3.05, 3.63) is 23.2 Å². The first-order valence-electron chi connectivity index (χ1n) is 3.99. The van der Waals surface area contributed by atoms with Crippen molar-refractivity contribution in [1.82, 2.24) is 0 Å². The topological polar surface area (TPSA) is 47.3 Å². The lowest BCUT2D eigenvalue weighted by Gasteiger charge is -2.07. The second kappa shape index (κ2) is 5.02. The van der Waals surface area contributed by atoms with Crippen LogP contribution in [-0.4, -0.2) is 18.6 Å². The highest BCUT2D eigenvalue weighted by Gasteiger charge is 2.01. The summed E-state index contributed by atoms with van der Waals surface area (Å²) in [5.41, 5.74) is 6.21. The van der Waals surface area contributed by atoms with Crippen molar-refractivity contribution in [3.63, 3.8) is 0 Å². The average Bonchev–Trinajstić information content (AvgIpc) is 2.15. The molecule has 3 nitrogen and oxygen atoms in total. The third-order valence-corrected chi connectivity index (χ3v) is 2.06. The Kier molecular flexibility index (Phi) is 3.98.